The number of thiol groups is 1. The molecule has 0 aliphatic rings. The second kappa shape index (κ2) is 12.1. The van der Waals surface area contributed by atoms with Crippen molar-refractivity contribution in [2.24, 2.45) is 11.7 Å². The third-order valence-electron chi connectivity index (χ3n) is 3.75. The normalized spacial score (nSPS) is 15.0. The molecule has 4 unspecified atom stereocenters. The Hall–Kier alpha value is -2.34. The fourth-order valence-electron chi connectivity index (χ4n) is 1.98. The number of hydrogen-bond acceptors (Lipinski definition) is 7. The van der Waals surface area contributed by atoms with Gasteiger partial charge in [-0.15, -0.1) is 0 Å². The van der Waals surface area contributed by atoms with Crippen LogP contribution in [0.2, 0.25) is 0 Å². The van der Waals surface area contributed by atoms with Gasteiger partial charge in [-0.2, -0.15) is 12.6 Å². The average Bonchev–Trinajstić information content (AvgIpc) is 2.61. The summed E-state index contributed by atoms with van der Waals surface area (Å²) in [6, 6.07) is -3.50. The highest BCUT2D eigenvalue weighted by Crippen LogP contribution is 2.09. The molecule has 0 aliphatic heterocycles. The van der Waals surface area contributed by atoms with E-state index in [1.807, 2.05) is 5.32 Å². The first-order valence-corrected chi connectivity index (χ1v) is 8.85. The maximum atomic E-state index is 12.5. The average molecular weight is 406 g/mol. The minimum atomic E-state index is -1.50. The zero-order valence-corrected chi connectivity index (χ0v) is 16.0. The predicted molar refractivity (Wildman–Crippen MR) is 98.0 cm³/mol. The van der Waals surface area contributed by atoms with E-state index in [9.17, 15) is 24.0 Å². The number of rotatable bonds is 12. The molecule has 0 aliphatic carbocycles. The van der Waals surface area contributed by atoms with Gasteiger partial charge in [0.25, 0.3) is 0 Å². The van der Waals surface area contributed by atoms with E-state index >= 15 is 0 Å². The minimum absolute atomic E-state index is 0.0555. The van der Waals surface area contributed by atoms with Gasteiger partial charge in [0.1, 0.15) is 18.6 Å². The van der Waals surface area contributed by atoms with Gasteiger partial charge in [-0.3, -0.25) is 24.0 Å². The fourth-order valence-corrected chi connectivity index (χ4v) is 2.14. The van der Waals surface area contributed by atoms with Crippen molar-refractivity contribution in [2.45, 2.75) is 44.8 Å². The Balaban J connectivity index is 5.28. The largest absolute Gasteiger partial charge is 0.481 e. The zero-order valence-electron chi connectivity index (χ0n) is 15.1. The summed E-state index contributed by atoms with van der Waals surface area (Å²) < 4.78 is 0. The van der Waals surface area contributed by atoms with Crippen molar-refractivity contribution in [3.05, 3.63) is 0 Å². The van der Waals surface area contributed by atoms with Crippen LogP contribution in [-0.2, 0) is 24.0 Å². The fraction of sp³-hybridized carbons (Fsp3) is 0.667. The molecule has 12 heteroatoms. The maximum Gasteiger partial charge on any atom is 0.322 e. The lowest BCUT2D eigenvalue weighted by Gasteiger charge is -2.26. The first-order chi connectivity index (χ1) is 12.5. The van der Waals surface area contributed by atoms with Crippen LogP contribution in [0.4, 0.5) is 0 Å². The van der Waals surface area contributed by atoms with E-state index < -0.39 is 60.8 Å². The highest BCUT2D eigenvalue weighted by Gasteiger charge is 2.31. The van der Waals surface area contributed by atoms with E-state index in [1.54, 1.807) is 13.8 Å². The number of carboxylic acids is 2. The number of hydrogen-bond donors (Lipinski definition) is 7. The molecule has 0 rings (SSSR count). The van der Waals surface area contributed by atoms with E-state index in [1.165, 1.54) is 0 Å². The number of amides is 3. The Bertz CT molecular complexity index is 572. The lowest BCUT2D eigenvalue weighted by Crippen LogP contribution is -2.58. The molecule has 0 saturated heterocycles. The summed E-state index contributed by atoms with van der Waals surface area (Å²) in [5.74, 6) is -5.33. The molecular formula is C15H26N4O7S. The van der Waals surface area contributed by atoms with E-state index in [-0.39, 0.29) is 11.7 Å². The third-order valence-corrected chi connectivity index (χ3v) is 4.15. The van der Waals surface area contributed by atoms with Gasteiger partial charge in [0, 0.05) is 5.75 Å². The number of aliphatic carboxylic acids is 2. The number of nitrogens with two attached hydrogens (primary N) is 1. The topological polar surface area (TPSA) is 188 Å². The molecule has 0 radical (unpaired) electrons. The zero-order chi connectivity index (χ0) is 21.1. The van der Waals surface area contributed by atoms with E-state index in [0.717, 1.165) is 0 Å². The van der Waals surface area contributed by atoms with Crippen LogP contribution >= 0.6 is 12.6 Å². The van der Waals surface area contributed by atoms with E-state index in [2.05, 4.69) is 23.3 Å². The maximum absolute atomic E-state index is 12.5. The second-order valence-electron chi connectivity index (χ2n) is 5.93. The van der Waals surface area contributed by atoms with Gasteiger partial charge in [-0.1, -0.05) is 20.3 Å². The molecule has 0 aromatic rings. The van der Waals surface area contributed by atoms with Crippen LogP contribution in [0.15, 0.2) is 0 Å². The van der Waals surface area contributed by atoms with Crippen molar-refractivity contribution in [1.29, 1.82) is 0 Å². The first-order valence-electron chi connectivity index (χ1n) is 8.21. The summed E-state index contributed by atoms with van der Waals surface area (Å²) in [6.07, 6.45) is -0.252. The molecule has 0 bridgehead atoms. The molecule has 0 fully saturated rings. The number of carboxylic acid groups (broad SMARTS) is 2. The van der Waals surface area contributed by atoms with Gasteiger partial charge in [0.15, 0.2) is 0 Å². The molecule has 4 atom stereocenters. The number of nitrogens with one attached hydrogen (secondary N) is 3. The van der Waals surface area contributed by atoms with Crippen molar-refractivity contribution >= 4 is 42.3 Å². The Labute approximate surface area is 161 Å². The summed E-state index contributed by atoms with van der Waals surface area (Å²) in [5.41, 5.74) is 5.57. The van der Waals surface area contributed by atoms with Crippen molar-refractivity contribution in [2.75, 3.05) is 12.3 Å². The van der Waals surface area contributed by atoms with Crippen molar-refractivity contribution in [3.63, 3.8) is 0 Å². The molecule has 154 valence electrons. The molecule has 27 heavy (non-hydrogen) atoms. The Morgan fingerprint density at radius 3 is 2.04 bits per heavy atom. The number of carbonyl (C=O) groups excluding carboxylic acids is 3. The highest BCUT2D eigenvalue weighted by atomic mass is 32.1. The highest BCUT2D eigenvalue weighted by molar-refractivity contribution is 7.80. The smallest absolute Gasteiger partial charge is 0.322 e. The first kappa shape index (κ1) is 24.7. The summed E-state index contributed by atoms with van der Waals surface area (Å²) in [7, 11) is 0. The van der Waals surface area contributed by atoms with Crippen LogP contribution in [0.25, 0.3) is 0 Å². The minimum Gasteiger partial charge on any atom is -0.481 e. The summed E-state index contributed by atoms with van der Waals surface area (Å²) in [4.78, 5) is 58.0. The quantitative estimate of drug-likeness (QED) is 0.180. The van der Waals surface area contributed by atoms with Gasteiger partial charge in [-0.25, -0.2) is 0 Å². The SMILES string of the molecule is CCC(C)C(NC(=O)C(N)CS)C(=O)NC(CC(=O)O)C(=O)NCC(=O)O. The van der Waals surface area contributed by atoms with Gasteiger partial charge in [0.2, 0.25) is 17.7 Å². The molecule has 0 saturated carbocycles. The van der Waals surface area contributed by atoms with Crippen LogP contribution in [0, 0.1) is 5.92 Å². The molecule has 0 heterocycles. The van der Waals surface area contributed by atoms with Crippen molar-refractivity contribution in [3.8, 4) is 0 Å². The van der Waals surface area contributed by atoms with Crippen LogP contribution in [0.5, 0.6) is 0 Å². The standard InChI is InChI=1S/C15H26N4O7S/c1-3-7(2)12(19-13(24)8(16)6-27)15(26)18-9(4-10(20)21)14(25)17-5-11(22)23/h7-9,12,27H,3-6,16H2,1-2H3,(H,17,25)(H,18,26)(H,19,24)(H,20,21)(H,22,23). The summed E-state index contributed by atoms with van der Waals surface area (Å²) in [5, 5.41) is 24.2. The van der Waals surface area contributed by atoms with Crippen LogP contribution in [0.1, 0.15) is 26.7 Å². The van der Waals surface area contributed by atoms with Gasteiger partial charge >= 0.3 is 11.9 Å². The molecule has 11 nitrogen and oxygen atoms in total. The van der Waals surface area contributed by atoms with Crippen molar-refractivity contribution in [1.82, 2.24) is 16.0 Å². The second-order valence-corrected chi connectivity index (χ2v) is 6.30. The van der Waals surface area contributed by atoms with Crippen LogP contribution < -0.4 is 21.7 Å². The van der Waals surface area contributed by atoms with Crippen molar-refractivity contribution < 1.29 is 34.2 Å². The Kier molecular flexibility index (Phi) is 11.1. The molecule has 3 amide bonds. The number of carbonyl (C=O) groups is 5. The van der Waals surface area contributed by atoms with Crippen LogP contribution in [-0.4, -0.2) is 70.3 Å². The van der Waals surface area contributed by atoms with E-state index in [0.29, 0.717) is 6.42 Å². The third kappa shape index (κ3) is 9.24. The summed E-state index contributed by atoms with van der Waals surface area (Å²) in [6.45, 7) is 2.74. The van der Waals surface area contributed by atoms with Crippen LogP contribution in [0.3, 0.4) is 0 Å². The molecule has 0 aromatic heterocycles. The lowest BCUT2D eigenvalue weighted by atomic mass is 9.97. The summed E-state index contributed by atoms with van der Waals surface area (Å²) >= 11 is 3.91. The Morgan fingerprint density at radius 2 is 1.59 bits per heavy atom. The molecule has 7 N–H and O–H groups in total. The molecule has 0 aromatic carbocycles. The molecular weight excluding hydrogens is 380 g/mol. The Morgan fingerprint density at radius 1 is 1.00 bits per heavy atom. The van der Waals surface area contributed by atoms with Gasteiger partial charge in [-0.05, 0) is 5.92 Å². The lowest BCUT2D eigenvalue weighted by molar-refractivity contribution is -0.142. The molecule has 0 spiro atoms. The monoisotopic (exact) mass is 406 g/mol. The predicted octanol–water partition coefficient (Wildman–Crippen LogP) is -2.07. The van der Waals surface area contributed by atoms with Gasteiger partial charge < -0.3 is 31.9 Å². The van der Waals surface area contributed by atoms with E-state index in [4.69, 9.17) is 15.9 Å². The van der Waals surface area contributed by atoms with Gasteiger partial charge in [0.05, 0.1) is 12.5 Å².